The minimum Gasteiger partial charge on any atom is -0.508 e. The number of benzene rings is 3. The van der Waals surface area contributed by atoms with Crippen molar-refractivity contribution >= 4 is 21.6 Å². The van der Waals surface area contributed by atoms with Gasteiger partial charge in [0.05, 0.1) is 0 Å². The zero-order valence-corrected chi connectivity index (χ0v) is 15.4. The van der Waals surface area contributed by atoms with Crippen molar-refractivity contribution in [3.05, 3.63) is 94.0 Å². The molecule has 0 amide bonds. The molecule has 0 heterocycles. The van der Waals surface area contributed by atoms with Gasteiger partial charge in [0, 0.05) is 35.7 Å². The normalized spacial score (nSPS) is 12.0. The Balaban J connectivity index is 2.14. The van der Waals surface area contributed by atoms with E-state index in [9.17, 15) is 5.11 Å². The number of phenols is 1. The molecule has 24 heavy (non-hydrogen) atoms. The Hall–Kier alpha value is -2.26. The molecule has 3 aromatic rings. The van der Waals surface area contributed by atoms with Crippen LogP contribution in [0.2, 0.25) is 0 Å². The molecule has 3 aromatic carbocycles. The maximum Gasteiger partial charge on any atom is 0.119 e. The zero-order valence-electron chi connectivity index (χ0n) is 13.8. The first-order valence-electron chi connectivity index (χ1n) is 7.87. The van der Waals surface area contributed by atoms with Crippen LogP contribution in [0.5, 0.6) is 5.75 Å². The molecule has 2 nitrogen and oxygen atoms in total. The van der Waals surface area contributed by atoms with E-state index >= 15 is 0 Å². The van der Waals surface area contributed by atoms with Crippen molar-refractivity contribution in [1.82, 2.24) is 0 Å². The number of hydrogen-bond donors (Lipinski definition) is 1. The lowest BCUT2D eigenvalue weighted by molar-refractivity contribution is 0.467. The highest BCUT2D eigenvalue weighted by Crippen LogP contribution is 2.38. The van der Waals surface area contributed by atoms with Crippen LogP contribution < -0.4 is 4.90 Å². The summed E-state index contributed by atoms with van der Waals surface area (Å²) in [5, 5.41) is 10.4. The lowest BCUT2D eigenvalue weighted by Crippen LogP contribution is -2.09. The van der Waals surface area contributed by atoms with E-state index in [1.54, 1.807) is 6.07 Å². The highest BCUT2D eigenvalue weighted by atomic mass is 79.9. The molecule has 0 fully saturated rings. The number of halogens is 1. The molecule has 1 N–H and O–H groups in total. The molecule has 0 saturated carbocycles. The number of rotatable bonds is 4. The van der Waals surface area contributed by atoms with Gasteiger partial charge >= 0.3 is 0 Å². The molecule has 0 spiro atoms. The van der Waals surface area contributed by atoms with Crippen molar-refractivity contribution in [2.75, 3.05) is 19.0 Å². The van der Waals surface area contributed by atoms with Crippen LogP contribution in [0.15, 0.2) is 77.3 Å². The molecule has 1 atom stereocenters. The van der Waals surface area contributed by atoms with Crippen LogP contribution in [0, 0.1) is 0 Å². The summed E-state index contributed by atoms with van der Waals surface area (Å²) in [6.07, 6.45) is 0. The fourth-order valence-corrected chi connectivity index (χ4v) is 3.30. The topological polar surface area (TPSA) is 23.5 Å². The van der Waals surface area contributed by atoms with Gasteiger partial charge in [0.1, 0.15) is 5.75 Å². The third-order valence-corrected chi connectivity index (χ3v) is 4.67. The maximum absolute atomic E-state index is 10.4. The van der Waals surface area contributed by atoms with Crippen molar-refractivity contribution in [2.45, 2.75) is 5.92 Å². The minimum absolute atomic E-state index is 0.0140. The summed E-state index contributed by atoms with van der Waals surface area (Å²) in [5.41, 5.74) is 4.36. The van der Waals surface area contributed by atoms with Crippen LogP contribution in [0.25, 0.3) is 0 Å². The Labute approximate surface area is 151 Å². The molecule has 0 aliphatic heterocycles. The lowest BCUT2D eigenvalue weighted by atomic mass is 9.84. The Morgan fingerprint density at radius 2 is 1.46 bits per heavy atom. The quantitative estimate of drug-likeness (QED) is 0.611. The largest absolute Gasteiger partial charge is 0.508 e. The van der Waals surface area contributed by atoms with Crippen LogP contribution >= 0.6 is 15.9 Å². The van der Waals surface area contributed by atoms with E-state index in [2.05, 4.69) is 57.2 Å². The van der Waals surface area contributed by atoms with Gasteiger partial charge in [-0.1, -0.05) is 58.4 Å². The highest BCUT2D eigenvalue weighted by molar-refractivity contribution is 9.10. The Bertz CT molecular complexity index is 813. The summed E-state index contributed by atoms with van der Waals surface area (Å²) < 4.78 is 0.959. The van der Waals surface area contributed by atoms with E-state index in [0.29, 0.717) is 5.75 Å². The lowest BCUT2D eigenvalue weighted by Gasteiger charge is -2.21. The first kappa shape index (κ1) is 16.6. The molecule has 0 bridgehead atoms. The zero-order chi connectivity index (χ0) is 17.1. The van der Waals surface area contributed by atoms with Crippen molar-refractivity contribution < 1.29 is 5.11 Å². The number of phenolic OH excluding ortho intramolecular Hbond substituents is 1. The second-order valence-corrected chi connectivity index (χ2v) is 6.95. The Morgan fingerprint density at radius 3 is 2.08 bits per heavy atom. The molecule has 0 saturated heterocycles. The predicted octanol–water partition coefficient (Wildman–Crippen LogP) is 5.40. The fraction of sp³-hybridized carbons (Fsp3) is 0.143. The number of anilines is 1. The first-order valence-corrected chi connectivity index (χ1v) is 8.66. The number of nitrogens with zero attached hydrogens (tertiary/aromatic N) is 1. The number of aromatic hydroxyl groups is 1. The van der Waals surface area contributed by atoms with Gasteiger partial charge in [-0.25, -0.2) is 0 Å². The van der Waals surface area contributed by atoms with Gasteiger partial charge in [-0.2, -0.15) is 0 Å². The van der Waals surface area contributed by atoms with Crippen LogP contribution in [0.3, 0.4) is 0 Å². The molecule has 0 aliphatic carbocycles. The fourth-order valence-electron chi connectivity index (χ4n) is 2.92. The molecule has 3 heteroatoms. The molecule has 0 aliphatic rings. The third kappa shape index (κ3) is 3.46. The molecule has 122 valence electrons. The standard InChI is InChI=1S/C21H20BrNO/c1-23(2)18-11-8-16(9-12-18)21(15-6-4-3-5-7-15)19-14-17(22)10-13-20(19)24/h3-14,21,24H,1-2H3. The van der Waals surface area contributed by atoms with Crippen molar-refractivity contribution in [2.24, 2.45) is 0 Å². The van der Waals surface area contributed by atoms with E-state index in [1.807, 2.05) is 44.4 Å². The van der Waals surface area contributed by atoms with E-state index in [4.69, 9.17) is 0 Å². The van der Waals surface area contributed by atoms with E-state index in [1.165, 1.54) is 0 Å². The molecular formula is C21H20BrNO. The van der Waals surface area contributed by atoms with E-state index in [0.717, 1.165) is 26.9 Å². The third-order valence-electron chi connectivity index (χ3n) is 4.18. The summed E-state index contributed by atoms with van der Waals surface area (Å²) in [7, 11) is 4.06. The minimum atomic E-state index is -0.0140. The van der Waals surface area contributed by atoms with E-state index < -0.39 is 0 Å². The molecule has 0 aromatic heterocycles. The average Bonchev–Trinajstić information content (AvgIpc) is 2.60. The second kappa shape index (κ2) is 7.10. The van der Waals surface area contributed by atoms with Crippen molar-refractivity contribution in [3.8, 4) is 5.75 Å². The molecule has 1 unspecified atom stereocenters. The van der Waals surface area contributed by atoms with Gasteiger partial charge < -0.3 is 10.0 Å². The average molecular weight is 382 g/mol. The van der Waals surface area contributed by atoms with E-state index in [-0.39, 0.29) is 5.92 Å². The van der Waals surface area contributed by atoms with Crippen LogP contribution in [-0.4, -0.2) is 19.2 Å². The first-order chi connectivity index (χ1) is 11.6. The summed E-state index contributed by atoms with van der Waals surface area (Å²) >= 11 is 3.52. The van der Waals surface area contributed by atoms with Crippen molar-refractivity contribution in [1.29, 1.82) is 0 Å². The van der Waals surface area contributed by atoms with Gasteiger partial charge in [-0.05, 0) is 41.5 Å². The Morgan fingerprint density at radius 1 is 0.833 bits per heavy atom. The number of hydrogen-bond acceptors (Lipinski definition) is 2. The molecular weight excluding hydrogens is 362 g/mol. The molecule has 0 radical (unpaired) electrons. The predicted molar refractivity (Wildman–Crippen MR) is 104 cm³/mol. The smallest absolute Gasteiger partial charge is 0.119 e. The van der Waals surface area contributed by atoms with Gasteiger partial charge in [0.2, 0.25) is 0 Å². The summed E-state index contributed by atoms with van der Waals surface area (Å²) in [6.45, 7) is 0. The Kier molecular flexibility index (Phi) is 4.91. The highest BCUT2D eigenvalue weighted by Gasteiger charge is 2.20. The maximum atomic E-state index is 10.4. The van der Waals surface area contributed by atoms with Crippen LogP contribution in [0.1, 0.15) is 22.6 Å². The van der Waals surface area contributed by atoms with Gasteiger partial charge in [0.25, 0.3) is 0 Å². The molecule has 3 rings (SSSR count). The monoisotopic (exact) mass is 381 g/mol. The van der Waals surface area contributed by atoms with Gasteiger partial charge in [-0.3, -0.25) is 0 Å². The van der Waals surface area contributed by atoms with Crippen molar-refractivity contribution in [3.63, 3.8) is 0 Å². The van der Waals surface area contributed by atoms with Gasteiger partial charge in [-0.15, -0.1) is 0 Å². The summed E-state index contributed by atoms with van der Waals surface area (Å²) in [4.78, 5) is 2.08. The second-order valence-electron chi connectivity index (χ2n) is 6.03. The van der Waals surface area contributed by atoms with Crippen LogP contribution in [0.4, 0.5) is 5.69 Å². The van der Waals surface area contributed by atoms with Gasteiger partial charge in [0.15, 0.2) is 0 Å². The summed E-state index contributed by atoms with van der Waals surface area (Å²) in [6, 6.07) is 24.4. The summed E-state index contributed by atoms with van der Waals surface area (Å²) in [5.74, 6) is 0.295. The van der Waals surface area contributed by atoms with Crippen LogP contribution in [-0.2, 0) is 0 Å². The SMILES string of the molecule is CN(C)c1ccc(C(c2ccccc2)c2cc(Br)ccc2O)cc1.